The number of nitriles is 1. The lowest BCUT2D eigenvalue weighted by molar-refractivity contribution is 0.414. The number of aromatic nitrogens is 2. The van der Waals surface area contributed by atoms with Gasteiger partial charge < -0.3 is 14.6 Å². The summed E-state index contributed by atoms with van der Waals surface area (Å²) in [6.45, 7) is 2.51. The van der Waals surface area contributed by atoms with Gasteiger partial charge in [-0.3, -0.25) is 0 Å². The maximum Gasteiger partial charge on any atom is 0.163 e. The summed E-state index contributed by atoms with van der Waals surface area (Å²) in [5, 5.41) is 12.5. The van der Waals surface area contributed by atoms with E-state index in [1.54, 1.807) is 7.11 Å². The first-order chi connectivity index (χ1) is 9.81. The molecule has 0 saturated heterocycles. The molecule has 0 radical (unpaired) electrons. The van der Waals surface area contributed by atoms with Crippen molar-refractivity contribution >= 4 is 0 Å². The largest absolute Gasteiger partial charge is 0.497 e. The molecule has 5 heteroatoms. The molecule has 1 aromatic carbocycles. The summed E-state index contributed by atoms with van der Waals surface area (Å²) in [5.74, 6) is 1.81. The van der Waals surface area contributed by atoms with E-state index in [0.717, 1.165) is 43.3 Å². The summed E-state index contributed by atoms with van der Waals surface area (Å²) in [7, 11) is 1.66. The number of fused-ring (bicyclic) bond motifs is 1. The van der Waals surface area contributed by atoms with Crippen LogP contribution in [-0.2, 0) is 19.5 Å². The van der Waals surface area contributed by atoms with Crippen LogP contribution in [0.3, 0.4) is 0 Å². The van der Waals surface area contributed by atoms with Crippen LogP contribution in [-0.4, -0.2) is 23.2 Å². The molecule has 0 amide bonds. The van der Waals surface area contributed by atoms with E-state index in [-0.39, 0.29) is 0 Å². The molecule has 1 N–H and O–H groups in total. The Morgan fingerprint density at radius 3 is 2.90 bits per heavy atom. The van der Waals surface area contributed by atoms with E-state index in [0.29, 0.717) is 5.69 Å². The molecule has 0 fully saturated rings. The van der Waals surface area contributed by atoms with Crippen LogP contribution in [0.25, 0.3) is 0 Å². The minimum absolute atomic E-state index is 0.542. The first kappa shape index (κ1) is 12.7. The highest BCUT2D eigenvalue weighted by Crippen LogP contribution is 2.19. The number of nitrogens with zero attached hydrogens (tertiary/aromatic N) is 3. The van der Waals surface area contributed by atoms with E-state index >= 15 is 0 Å². The maximum atomic E-state index is 9.17. The SMILES string of the molecule is COc1ccc(Cc2nc(C#N)c3n2CCNC3)cc1. The molecule has 1 aliphatic heterocycles. The second kappa shape index (κ2) is 5.35. The lowest BCUT2D eigenvalue weighted by atomic mass is 10.1. The number of hydrogen-bond acceptors (Lipinski definition) is 4. The number of nitrogens with one attached hydrogen (secondary N) is 1. The van der Waals surface area contributed by atoms with E-state index in [1.165, 1.54) is 5.56 Å². The molecular formula is C15H16N4O. The van der Waals surface area contributed by atoms with Gasteiger partial charge in [-0.05, 0) is 17.7 Å². The third-order valence-electron chi connectivity index (χ3n) is 3.58. The zero-order valence-corrected chi connectivity index (χ0v) is 11.4. The molecule has 3 rings (SSSR count). The second-order valence-electron chi connectivity index (χ2n) is 4.79. The zero-order valence-electron chi connectivity index (χ0n) is 11.4. The minimum Gasteiger partial charge on any atom is -0.497 e. The molecule has 0 saturated carbocycles. The summed E-state index contributed by atoms with van der Waals surface area (Å²) in [6.07, 6.45) is 0.735. The fraction of sp³-hybridized carbons (Fsp3) is 0.333. The highest BCUT2D eigenvalue weighted by Gasteiger charge is 2.19. The summed E-state index contributed by atoms with van der Waals surface area (Å²) < 4.78 is 7.33. The van der Waals surface area contributed by atoms with Crippen molar-refractivity contribution in [2.24, 2.45) is 0 Å². The molecule has 102 valence electrons. The Bertz CT molecular complexity index is 652. The number of methoxy groups -OCH3 is 1. The Hall–Kier alpha value is -2.32. The van der Waals surface area contributed by atoms with Crippen LogP contribution in [0.15, 0.2) is 24.3 Å². The van der Waals surface area contributed by atoms with Crippen molar-refractivity contribution in [1.29, 1.82) is 5.26 Å². The molecule has 0 unspecified atom stereocenters. The van der Waals surface area contributed by atoms with Crippen LogP contribution in [0, 0.1) is 11.3 Å². The molecule has 0 bridgehead atoms. The van der Waals surface area contributed by atoms with Gasteiger partial charge >= 0.3 is 0 Å². The van der Waals surface area contributed by atoms with Gasteiger partial charge in [-0.15, -0.1) is 0 Å². The van der Waals surface area contributed by atoms with Crippen molar-refractivity contribution in [3.05, 3.63) is 47.0 Å². The Morgan fingerprint density at radius 2 is 2.20 bits per heavy atom. The van der Waals surface area contributed by atoms with Gasteiger partial charge in [-0.25, -0.2) is 4.98 Å². The van der Waals surface area contributed by atoms with E-state index < -0.39 is 0 Å². The fourth-order valence-electron chi connectivity index (χ4n) is 2.53. The topological polar surface area (TPSA) is 62.9 Å². The molecule has 2 heterocycles. The molecule has 1 aromatic heterocycles. The van der Waals surface area contributed by atoms with Gasteiger partial charge in [0.25, 0.3) is 0 Å². The number of imidazole rings is 1. The normalized spacial score (nSPS) is 13.6. The van der Waals surface area contributed by atoms with Crippen molar-refractivity contribution in [2.75, 3.05) is 13.7 Å². The number of benzene rings is 1. The van der Waals surface area contributed by atoms with Gasteiger partial charge in [-0.1, -0.05) is 12.1 Å². The first-order valence-electron chi connectivity index (χ1n) is 6.64. The minimum atomic E-state index is 0.542. The van der Waals surface area contributed by atoms with E-state index in [1.807, 2.05) is 24.3 Å². The Balaban J connectivity index is 1.90. The van der Waals surface area contributed by atoms with Crippen molar-refractivity contribution in [2.45, 2.75) is 19.5 Å². The van der Waals surface area contributed by atoms with Crippen LogP contribution in [0.1, 0.15) is 22.8 Å². The van der Waals surface area contributed by atoms with Crippen molar-refractivity contribution < 1.29 is 4.74 Å². The third-order valence-corrected chi connectivity index (χ3v) is 3.58. The summed E-state index contributed by atoms with van der Waals surface area (Å²) in [4.78, 5) is 4.48. The van der Waals surface area contributed by atoms with Crippen molar-refractivity contribution in [1.82, 2.24) is 14.9 Å². The second-order valence-corrected chi connectivity index (χ2v) is 4.79. The smallest absolute Gasteiger partial charge is 0.163 e. The van der Waals surface area contributed by atoms with E-state index in [9.17, 15) is 5.26 Å². The molecule has 20 heavy (non-hydrogen) atoms. The van der Waals surface area contributed by atoms with Crippen LogP contribution in [0.2, 0.25) is 0 Å². The summed E-state index contributed by atoms with van der Waals surface area (Å²) >= 11 is 0. The fourth-order valence-corrected chi connectivity index (χ4v) is 2.53. The van der Waals surface area contributed by atoms with Crippen LogP contribution >= 0.6 is 0 Å². The molecule has 5 nitrogen and oxygen atoms in total. The third kappa shape index (κ3) is 2.26. The maximum absolute atomic E-state index is 9.17. The zero-order chi connectivity index (χ0) is 13.9. The highest BCUT2D eigenvalue weighted by atomic mass is 16.5. The predicted octanol–water partition coefficient (Wildman–Crippen LogP) is 1.46. The first-order valence-corrected chi connectivity index (χ1v) is 6.64. The quantitative estimate of drug-likeness (QED) is 0.915. The lowest BCUT2D eigenvalue weighted by Gasteiger charge is -2.18. The van der Waals surface area contributed by atoms with Crippen molar-refractivity contribution in [3.63, 3.8) is 0 Å². The molecule has 1 aliphatic rings. The number of hydrogen-bond donors (Lipinski definition) is 1. The van der Waals surface area contributed by atoms with Crippen molar-refractivity contribution in [3.8, 4) is 11.8 Å². The Labute approximate surface area is 117 Å². The van der Waals surface area contributed by atoms with Gasteiger partial charge in [0, 0.05) is 26.1 Å². The average Bonchev–Trinajstić information content (AvgIpc) is 2.86. The molecule has 0 atom stereocenters. The van der Waals surface area contributed by atoms with E-state index in [4.69, 9.17) is 4.74 Å². The standard InChI is InChI=1S/C15H16N4O/c1-20-12-4-2-11(3-5-12)8-15-18-13(9-16)14-10-17-6-7-19(14)15/h2-5,17H,6-8,10H2,1H3. The van der Waals surface area contributed by atoms with E-state index in [2.05, 4.69) is 20.9 Å². The molecule has 0 aliphatic carbocycles. The van der Waals surface area contributed by atoms with Gasteiger partial charge in [0.15, 0.2) is 5.69 Å². The monoisotopic (exact) mass is 268 g/mol. The van der Waals surface area contributed by atoms with Gasteiger partial charge in [0.1, 0.15) is 17.6 Å². The Morgan fingerprint density at radius 1 is 1.40 bits per heavy atom. The predicted molar refractivity (Wildman–Crippen MR) is 74.4 cm³/mol. The lowest BCUT2D eigenvalue weighted by Crippen LogP contribution is -2.29. The number of ether oxygens (including phenoxy) is 1. The molecular weight excluding hydrogens is 252 g/mol. The highest BCUT2D eigenvalue weighted by molar-refractivity contribution is 5.33. The van der Waals surface area contributed by atoms with Gasteiger partial charge in [-0.2, -0.15) is 5.26 Å². The molecule has 0 spiro atoms. The van der Waals surface area contributed by atoms with Crippen LogP contribution < -0.4 is 10.1 Å². The van der Waals surface area contributed by atoms with Gasteiger partial charge in [0.2, 0.25) is 0 Å². The van der Waals surface area contributed by atoms with Crippen LogP contribution in [0.5, 0.6) is 5.75 Å². The summed E-state index contributed by atoms with van der Waals surface area (Å²) in [6, 6.07) is 10.2. The molecule has 2 aromatic rings. The van der Waals surface area contributed by atoms with Crippen LogP contribution in [0.4, 0.5) is 0 Å². The average molecular weight is 268 g/mol. The van der Waals surface area contributed by atoms with Gasteiger partial charge in [0.05, 0.1) is 12.8 Å². The summed E-state index contributed by atoms with van der Waals surface area (Å²) in [5.41, 5.74) is 2.71. The Kier molecular flexibility index (Phi) is 3.40. The number of rotatable bonds is 3.